The average Bonchev–Trinajstić information content (AvgIpc) is 2.24. The van der Waals surface area contributed by atoms with Crippen LogP contribution >= 0.6 is 0 Å². The zero-order valence-corrected chi connectivity index (χ0v) is 13.1. The summed E-state index contributed by atoms with van der Waals surface area (Å²) in [4.78, 5) is 33.0. The van der Waals surface area contributed by atoms with Crippen LogP contribution in [0.4, 0.5) is 0 Å². The van der Waals surface area contributed by atoms with Crippen LogP contribution in [0, 0.1) is 0 Å². The van der Waals surface area contributed by atoms with Crippen LogP contribution in [-0.2, 0) is 23.9 Å². The Hall–Kier alpha value is -1.37. The summed E-state index contributed by atoms with van der Waals surface area (Å²) in [6.45, 7) is 8.10. The van der Waals surface area contributed by atoms with Gasteiger partial charge in [-0.15, -0.1) is 0 Å². The van der Waals surface area contributed by atoms with Crippen LogP contribution in [0.2, 0.25) is 25.7 Å². The Morgan fingerprint density at radius 1 is 1.05 bits per heavy atom. The number of amides is 1. The van der Waals surface area contributed by atoms with E-state index in [1.165, 1.54) is 6.92 Å². The minimum absolute atomic E-state index is 0.0348. The summed E-state index contributed by atoms with van der Waals surface area (Å²) < 4.78 is 9.58. The molecule has 1 amide bonds. The van der Waals surface area contributed by atoms with E-state index < -0.39 is 14.0 Å². The summed E-state index contributed by atoms with van der Waals surface area (Å²) in [5.41, 5.74) is 0. The Morgan fingerprint density at radius 3 is 2.21 bits per heavy atom. The standard InChI is InChI=1S/C12H23NO5Si/c1-10(14)18-9-13-11(15)5-6-12(16)17-7-8-19(2,3)4/h5-9H2,1-4H3,(H,13,15). The summed E-state index contributed by atoms with van der Waals surface area (Å²) >= 11 is 0. The van der Waals surface area contributed by atoms with Gasteiger partial charge in [0.25, 0.3) is 0 Å². The number of carbonyl (C=O) groups is 3. The molecule has 0 atom stereocenters. The number of carbonyl (C=O) groups excluding carboxylic acids is 3. The minimum Gasteiger partial charge on any atom is -0.466 e. The number of rotatable bonds is 8. The van der Waals surface area contributed by atoms with Gasteiger partial charge in [-0.3, -0.25) is 14.4 Å². The lowest BCUT2D eigenvalue weighted by Crippen LogP contribution is -2.28. The smallest absolute Gasteiger partial charge is 0.306 e. The van der Waals surface area contributed by atoms with Crippen molar-refractivity contribution in [3.8, 4) is 0 Å². The predicted octanol–water partition coefficient (Wildman–Crippen LogP) is 1.28. The SMILES string of the molecule is CC(=O)OCNC(=O)CCC(=O)OCC[Si](C)(C)C. The molecular formula is C12H23NO5Si. The minimum atomic E-state index is -1.20. The lowest BCUT2D eigenvalue weighted by Gasteiger charge is -2.15. The predicted molar refractivity (Wildman–Crippen MR) is 73.1 cm³/mol. The normalized spacial score (nSPS) is 10.7. The fourth-order valence-corrected chi connectivity index (χ4v) is 1.78. The van der Waals surface area contributed by atoms with Gasteiger partial charge in [-0.1, -0.05) is 19.6 Å². The van der Waals surface area contributed by atoms with E-state index in [9.17, 15) is 14.4 Å². The van der Waals surface area contributed by atoms with Gasteiger partial charge in [-0.2, -0.15) is 0 Å². The third-order valence-corrected chi connectivity index (χ3v) is 3.92. The van der Waals surface area contributed by atoms with Gasteiger partial charge < -0.3 is 14.8 Å². The first-order chi connectivity index (χ1) is 8.70. The van der Waals surface area contributed by atoms with Crippen LogP contribution in [0.25, 0.3) is 0 Å². The maximum absolute atomic E-state index is 11.3. The monoisotopic (exact) mass is 289 g/mol. The Morgan fingerprint density at radius 2 is 1.68 bits per heavy atom. The molecule has 0 saturated carbocycles. The molecule has 0 radical (unpaired) electrons. The highest BCUT2D eigenvalue weighted by Gasteiger charge is 2.14. The molecule has 19 heavy (non-hydrogen) atoms. The molecule has 1 N–H and O–H groups in total. The van der Waals surface area contributed by atoms with Gasteiger partial charge in [0.1, 0.15) is 0 Å². The van der Waals surface area contributed by atoms with Gasteiger partial charge in [0.2, 0.25) is 5.91 Å². The first kappa shape index (κ1) is 17.6. The third-order valence-electron chi connectivity index (χ3n) is 2.22. The Balaban J connectivity index is 3.61. The number of hydrogen-bond donors (Lipinski definition) is 1. The summed E-state index contributed by atoms with van der Waals surface area (Å²) in [6, 6.07) is 0.914. The highest BCUT2D eigenvalue weighted by molar-refractivity contribution is 6.76. The van der Waals surface area contributed by atoms with Gasteiger partial charge in [0.15, 0.2) is 6.73 Å². The second kappa shape index (κ2) is 8.68. The van der Waals surface area contributed by atoms with Crippen molar-refractivity contribution < 1.29 is 23.9 Å². The van der Waals surface area contributed by atoms with E-state index in [-0.39, 0.29) is 31.4 Å². The van der Waals surface area contributed by atoms with E-state index in [4.69, 9.17) is 4.74 Å². The highest BCUT2D eigenvalue weighted by atomic mass is 28.3. The summed E-state index contributed by atoms with van der Waals surface area (Å²) in [5, 5.41) is 2.37. The van der Waals surface area contributed by atoms with Crippen LogP contribution in [-0.4, -0.2) is 39.3 Å². The Bertz CT molecular complexity index is 325. The maximum atomic E-state index is 11.3. The van der Waals surface area contributed by atoms with Crippen LogP contribution < -0.4 is 5.32 Å². The van der Waals surface area contributed by atoms with Crippen molar-refractivity contribution in [2.75, 3.05) is 13.3 Å². The van der Waals surface area contributed by atoms with Crippen molar-refractivity contribution in [1.82, 2.24) is 5.32 Å². The molecular weight excluding hydrogens is 266 g/mol. The Kier molecular flexibility index (Phi) is 8.05. The van der Waals surface area contributed by atoms with Crippen LogP contribution in [0.5, 0.6) is 0 Å². The second-order valence-corrected chi connectivity index (χ2v) is 11.0. The largest absolute Gasteiger partial charge is 0.466 e. The number of ether oxygens (including phenoxy) is 2. The first-order valence-electron chi connectivity index (χ1n) is 6.26. The maximum Gasteiger partial charge on any atom is 0.306 e. The lowest BCUT2D eigenvalue weighted by atomic mass is 10.3. The van der Waals surface area contributed by atoms with Crippen molar-refractivity contribution in [2.24, 2.45) is 0 Å². The summed E-state index contributed by atoms with van der Waals surface area (Å²) in [5.74, 6) is -1.18. The molecule has 110 valence electrons. The van der Waals surface area contributed by atoms with E-state index in [0.29, 0.717) is 6.61 Å². The van der Waals surface area contributed by atoms with Crippen molar-refractivity contribution >= 4 is 25.9 Å². The van der Waals surface area contributed by atoms with E-state index >= 15 is 0 Å². The van der Waals surface area contributed by atoms with Crippen molar-refractivity contribution in [3.05, 3.63) is 0 Å². The molecule has 0 bridgehead atoms. The molecule has 0 aromatic rings. The first-order valence-corrected chi connectivity index (χ1v) is 9.97. The summed E-state index contributed by atoms with van der Waals surface area (Å²) in [7, 11) is -1.20. The molecule has 0 saturated heterocycles. The Labute approximate surface area is 114 Å². The molecule has 0 heterocycles. The third kappa shape index (κ3) is 12.9. The molecule has 0 aliphatic rings. The van der Waals surface area contributed by atoms with E-state index in [0.717, 1.165) is 6.04 Å². The zero-order chi connectivity index (χ0) is 14.9. The van der Waals surface area contributed by atoms with Gasteiger partial charge in [-0.25, -0.2) is 0 Å². The molecule has 0 unspecified atom stereocenters. The second-order valence-electron chi connectivity index (χ2n) is 5.41. The van der Waals surface area contributed by atoms with Crippen LogP contribution in [0.3, 0.4) is 0 Å². The molecule has 0 aliphatic carbocycles. The molecule has 0 aromatic heterocycles. The molecule has 0 aliphatic heterocycles. The number of esters is 2. The van der Waals surface area contributed by atoms with Crippen molar-refractivity contribution in [1.29, 1.82) is 0 Å². The van der Waals surface area contributed by atoms with Crippen LogP contribution in [0.15, 0.2) is 0 Å². The van der Waals surface area contributed by atoms with Crippen LogP contribution in [0.1, 0.15) is 19.8 Å². The quantitative estimate of drug-likeness (QED) is 0.413. The number of hydrogen-bond acceptors (Lipinski definition) is 5. The van der Waals surface area contributed by atoms with Gasteiger partial charge >= 0.3 is 11.9 Å². The topological polar surface area (TPSA) is 81.7 Å². The van der Waals surface area contributed by atoms with E-state index in [1.807, 2.05) is 0 Å². The lowest BCUT2D eigenvalue weighted by molar-refractivity contribution is -0.146. The fourth-order valence-electron chi connectivity index (χ4n) is 1.07. The molecule has 7 heteroatoms. The van der Waals surface area contributed by atoms with E-state index in [2.05, 4.69) is 29.7 Å². The number of nitrogens with one attached hydrogen (secondary N) is 1. The van der Waals surface area contributed by atoms with Gasteiger partial charge in [0.05, 0.1) is 13.0 Å². The highest BCUT2D eigenvalue weighted by Crippen LogP contribution is 2.08. The van der Waals surface area contributed by atoms with Gasteiger partial charge in [0, 0.05) is 21.4 Å². The molecule has 0 rings (SSSR count). The molecule has 0 aromatic carbocycles. The van der Waals surface area contributed by atoms with E-state index in [1.54, 1.807) is 0 Å². The molecule has 0 fully saturated rings. The van der Waals surface area contributed by atoms with Crippen molar-refractivity contribution in [2.45, 2.75) is 45.5 Å². The zero-order valence-electron chi connectivity index (χ0n) is 12.1. The average molecular weight is 289 g/mol. The molecule has 6 nitrogen and oxygen atoms in total. The van der Waals surface area contributed by atoms with Gasteiger partial charge in [-0.05, 0) is 6.04 Å². The summed E-state index contributed by atoms with van der Waals surface area (Å²) in [6.07, 6.45) is 0.0741. The van der Waals surface area contributed by atoms with Crippen molar-refractivity contribution in [3.63, 3.8) is 0 Å². The molecule has 0 spiro atoms. The fraction of sp³-hybridized carbons (Fsp3) is 0.750.